The Morgan fingerprint density at radius 1 is 1.19 bits per heavy atom. The molecule has 0 aromatic heterocycles. The third-order valence-electron chi connectivity index (χ3n) is 5.80. The summed E-state index contributed by atoms with van der Waals surface area (Å²) in [5.74, 6) is -0.241. The number of carbonyl (C=O) groups excluding carboxylic acids is 1. The molecule has 3 nitrogen and oxygen atoms in total. The van der Waals surface area contributed by atoms with E-state index in [-0.39, 0.29) is 17.1 Å². The number of halogens is 1. The average molecular weight is 350 g/mol. The zero-order valence-corrected chi connectivity index (χ0v) is 15.3. The van der Waals surface area contributed by atoms with Crippen molar-refractivity contribution in [2.24, 2.45) is 0 Å². The van der Waals surface area contributed by atoms with Crippen LogP contribution in [0, 0.1) is 12.7 Å². The number of hydrogen-bond acceptors (Lipinski definition) is 2. The fourth-order valence-corrected chi connectivity index (χ4v) is 4.29. The van der Waals surface area contributed by atoms with E-state index in [2.05, 4.69) is 49.2 Å². The molecule has 134 valence electrons. The lowest BCUT2D eigenvalue weighted by Crippen LogP contribution is -2.68. The van der Waals surface area contributed by atoms with Gasteiger partial charge in [-0.15, -0.1) is 0 Å². The minimum absolute atomic E-state index is 0.0250. The second-order valence-electron chi connectivity index (χ2n) is 7.72. The van der Waals surface area contributed by atoms with Gasteiger partial charge in [-0.3, -0.25) is 4.79 Å². The summed E-state index contributed by atoms with van der Waals surface area (Å²) < 4.78 is 14.1. The Labute approximate surface area is 153 Å². The molecule has 2 aliphatic heterocycles. The van der Waals surface area contributed by atoms with E-state index in [9.17, 15) is 9.18 Å². The van der Waals surface area contributed by atoms with E-state index in [1.54, 1.807) is 18.2 Å². The molecule has 0 aliphatic carbocycles. The smallest absolute Gasteiger partial charge is 0.223 e. The van der Waals surface area contributed by atoms with Crippen LogP contribution in [0.3, 0.4) is 0 Å². The molecule has 2 heterocycles. The van der Waals surface area contributed by atoms with Crippen LogP contribution >= 0.6 is 0 Å². The molecular weight excluding hydrogens is 327 g/mol. The first-order valence-electron chi connectivity index (χ1n) is 8.99. The maximum atomic E-state index is 14.1. The van der Waals surface area contributed by atoms with Gasteiger partial charge in [0.05, 0.1) is 0 Å². The molecule has 1 saturated heterocycles. The van der Waals surface area contributed by atoms with E-state index in [0.717, 1.165) is 5.69 Å². The van der Waals surface area contributed by atoms with Gasteiger partial charge in [0.2, 0.25) is 5.91 Å². The number of anilines is 1. The molecule has 2 aromatic rings. The number of amides is 1. The third-order valence-corrected chi connectivity index (χ3v) is 5.80. The quantitative estimate of drug-likeness (QED) is 0.882. The first-order valence-corrected chi connectivity index (χ1v) is 8.99. The Morgan fingerprint density at radius 3 is 2.73 bits per heavy atom. The summed E-state index contributed by atoms with van der Waals surface area (Å²) in [6.45, 7) is 7.01. The fraction of sp³-hybridized carbons (Fsp3) is 0.318. The first-order chi connectivity index (χ1) is 12.3. The van der Waals surface area contributed by atoms with Crippen LogP contribution in [-0.2, 0) is 10.2 Å². The molecule has 2 aromatic carbocycles. The Hall–Kier alpha value is -2.62. The van der Waals surface area contributed by atoms with Crippen molar-refractivity contribution in [1.29, 1.82) is 0 Å². The largest absolute Gasteiger partial charge is 0.344 e. The highest BCUT2D eigenvalue weighted by atomic mass is 19.1. The lowest BCUT2D eigenvalue weighted by atomic mass is 9.74. The lowest BCUT2D eigenvalue weighted by molar-refractivity contribution is -0.124. The topological polar surface area (TPSA) is 32.3 Å². The molecule has 0 spiro atoms. The van der Waals surface area contributed by atoms with Gasteiger partial charge in [0.1, 0.15) is 11.5 Å². The predicted molar refractivity (Wildman–Crippen MR) is 102 cm³/mol. The van der Waals surface area contributed by atoms with Gasteiger partial charge < -0.3 is 10.2 Å². The summed E-state index contributed by atoms with van der Waals surface area (Å²) >= 11 is 0. The normalized spacial score (nSPS) is 23.7. The standard InChI is InChI=1S/C22H23FN2O/c1-15-8-9-19-17(14-15)21(2,3)22(24-20(26)11-13-25(19)22)12-10-16-6-4-5-7-18(16)23/h4-10,12,14H,11,13H2,1-3H3,(H,24,26)/b12-10+. The van der Waals surface area contributed by atoms with Crippen molar-refractivity contribution in [2.45, 2.75) is 38.3 Å². The van der Waals surface area contributed by atoms with Crippen molar-refractivity contribution in [2.75, 3.05) is 11.4 Å². The molecular formula is C22H23FN2O. The minimum atomic E-state index is -0.708. The Morgan fingerprint density at radius 2 is 1.96 bits per heavy atom. The van der Waals surface area contributed by atoms with Gasteiger partial charge in [-0.05, 0) is 30.7 Å². The van der Waals surface area contributed by atoms with Crippen LogP contribution in [0.4, 0.5) is 10.1 Å². The van der Waals surface area contributed by atoms with Crippen LogP contribution in [0.25, 0.3) is 6.08 Å². The molecule has 1 N–H and O–H groups in total. The van der Waals surface area contributed by atoms with E-state index in [4.69, 9.17) is 0 Å². The zero-order valence-electron chi connectivity index (χ0n) is 15.3. The van der Waals surface area contributed by atoms with Gasteiger partial charge in [-0.25, -0.2) is 4.39 Å². The van der Waals surface area contributed by atoms with Gasteiger partial charge in [-0.1, -0.05) is 55.8 Å². The summed E-state index contributed by atoms with van der Waals surface area (Å²) in [7, 11) is 0. The number of fused-ring (bicyclic) bond motifs is 3. The SMILES string of the molecule is Cc1ccc2c(c1)C(C)(C)C1(/C=C/c3ccccc3F)NC(=O)CCN21. The maximum absolute atomic E-state index is 14.1. The van der Waals surface area contributed by atoms with Gasteiger partial charge in [0.25, 0.3) is 0 Å². The van der Waals surface area contributed by atoms with Crippen LogP contribution in [0.5, 0.6) is 0 Å². The molecule has 1 amide bonds. The molecule has 0 radical (unpaired) electrons. The van der Waals surface area contributed by atoms with Crippen LogP contribution in [0.1, 0.15) is 37.0 Å². The van der Waals surface area contributed by atoms with Gasteiger partial charge in [0, 0.05) is 29.6 Å². The molecule has 0 bridgehead atoms. The number of carbonyl (C=O) groups is 1. The Kier molecular flexibility index (Phi) is 3.69. The van der Waals surface area contributed by atoms with E-state index >= 15 is 0 Å². The molecule has 1 atom stereocenters. The second kappa shape index (κ2) is 5.70. The molecule has 2 aliphatic rings. The third kappa shape index (κ3) is 2.28. The summed E-state index contributed by atoms with van der Waals surface area (Å²) in [5, 5.41) is 3.22. The van der Waals surface area contributed by atoms with Gasteiger partial charge in [-0.2, -0.15) is 0 Å². The molecule has 4 rings (SSSR count). The van der Waals surface area contributed by atoms with Crippen molar-refractivity contribution in [3.05, 3.63) is 71.0 Å². The van der Waals surface area contributed by atoms with Crippen molar-refractivity contribution in [3.63, 3.8) is 0 Å². The first kappa shape index (κ1) is 16.8. The summed E-state index contributed by atoms with van der Waals surface area (Å²) in [4.78, 5) is 14.6. The molecule has 0 saturated carbocycles. The highest BCUT2D eigenvalue weighted by molar-refractivity contribution is 5.84. The van der Waals surface area contributed by atoms with Crippen LogP contribution in [-0.4, -0.2) is 18.1 Å². The van der Waals surface area contributed by atoms with Crippen molar-refractivity contribution >= 4 is 17.7 Å². The van der Waals surface area contributed by atoms with Crippen molar-refractivity contribution in [3.8, 4) is 0 Å². The van der Waals surface area contributed by atoms with E-state index < -0.39 is 5.66 Å². The Bertz CT molecular complexity index is 918. The lowest BCUT2D eigenvalue weighted by Gasteiger charge is -2.49. The van der Waals surface area contributed by atoms with Crippen LogP contribution < -0.4 is 10.2 Å². The average Bonchev–Trinajstić information content (AvgIpc) is 2.79. The molecule has 4 heteroatoms. The van der Waals surface area contributed by atoms with Gasteiger partial charge >= 0.3 is 0 Å². The number of aryl methyl sites for hydroxylation is 1. The summed E-state index contributed by atoms with van der Waals surface area (Å²) in [6, 6.07) is 13.1. The highest BCUT2D eigenvalue weighted by Gasteiger charge is 2.57. The predicted octanol–water partition coefficient (Wildman–Crippen LogP) is 4.16. The van der Waals surface area contributed by atoms with E-state index in [1.807, 2.05) is 12.1 Å². The van der Waals surface area contributed by atoms with E-state index in [1.165, 1.54) is 17.2 Å². The van der Waals surface area contributed by atoms with Crippen molar-refractivity contribution in [1.82, 2.24) is 5.32 Å². The number of benzene rings is 2. The maximum Gasteiger partial charge on any atom is 0.223 e. The van der Waals surface area contributed by atoms with Crippen LogP contribution in [0.15, 0.2) is 48.5 Å². The molecule has 1 unspecified atom stereocenters. The van der Waals surface area contributed by atoms with E-state index in [0.29, 0.717) is 18.5 Å². The zero-order chi connectivity index (χ0) is 18.5. The Balaban J connectivity index is 1.88. The number of hydrogen-bond donors (Lipinski definition) is 1. The second-order valence-corrected chi connectivity index (χ2v) is 7.72. The number of rotatable bonds is 2. The monoisotopic (exact) mass is 350 g/mol. The number of nitrogens with one attached hydrogen (secondary N) is 1. The van der Waals surface area contributed by atoms with Crippen LogP contribution in [0.2, 0.25) is 0 Å². The van der Waals surface area contributed by atoms with Gasteiger partial charge in [0.15, 0.2) is 0 Å². The number of nitrogens with zero attached hydrogens (tertiary/aromatic N) is 1. The summed E-state index contributed by atoms with van der Waals surface area (Å²) in [6.07, 6.45) is 4.20. The van der Waals surface area contributed by atoms with Crippen molar-refractivity contribution < 1.29 is 9.18 Å². The highest BCUT2D eigenvalue weighted by Crippen LogP contribution is 2.52. The molecule has 1 fully saturated rings. The minimum Gasteiger partial charge on any atom is -0.344 e. The fourth-order valence-electron chi connectivity index (χ4n) is 4.29. The molecule has 26 heavy (non-hydrogen) atoms. The summed E-state index contributed by atoms with van der Waals surface area (Å²) in [5.41, 5.74) is 2.99.